The van der Waals surface area contributed by atoms with Crippen molar-refractivity contribution in [3.8, 4) is 0 Å². The van der Waals surface area contributed by atoms with Crippen LogP contribution >= 0.6 is 0 Å². The summed E-state index contributed by atoms with van der Waals surface area (Å²) in [5, 5.41) is 196. The second-order valence-electron chi connectivity index (χ2n) is 18.3. The Balaban J connectivity index is 1.19. The molecule has 0 bridgehead atoms. The maximum absolute atomic E-state index is 12.4. The van der Waals surface area contributed by atoms with E-state index in [1.54, 1.807) is 0 Å². The molecule has 0 unspecified atom stereocenters. The first-order valence-electron chi connectivity index (χ1n) is 23.1. The molecule has 6 fully saturated rings. The van der Waals surface area contributed by atoms with Gasteiger partial charge < -0.3 is 155 Å². The fourth-order valence-electron chi connectivity index (χ4n) is 9.11. The molecule has 0 aromatic heterocycles. The third-order valence-corrected chi connectivity index (χ3v) is 13.2. The Kier molecular flexibility index (Phi) is 21.3. The van der Waals surface area contributed by atoms with Crippen LogP contribution in [-0.2, 0) is 61.7 Å². The van der Waals surface area contributed by atoms with Crippen molar-refractivity contribution >= 4 is 11.8 Å². The molecule has 33 nitrogen and oxygen atoms in total. The highest BCUT2D eigenvalue weighted by molar-refractivity contribution is 5.73. The largest absolute Gasteiger partial charge is 0.394 e. The zero-order chi connectivity index (χ0) is 53.9. The van der Waals surface area contributed by atoms with E-state index >= 15 is 0 Å². The SMILES string of the molecule is CC(=O)N[C@@H]1[C@@H](O)[C@H](O[C@@H]2O[C@H](CO)[C@@H](O[C@H]3O[C@H](CO[C@H]4O[C@H](CO[C@H]5O[C@H](CO)[C@@H](O)[C@H](O)[C@@H]5O)[C@@H](O)[C@H](O[C@H]5O[C@H](CO)[C@@H](O)[C@H](O)[C@@H]5O)[C@@H]4O)[C@@H](O)[C@H](O)[C@@H]3O)[C@H](O)[C@H]2NC(C)=O)[C@@H](CO)O[C@H]1O. The molecule has 424 valence electrons. The van der Waals surface area contributed by atoms with Gasteiger partial charge in [0.05, 0.1) is 39.6 Å². The molecule has 6 aliphatic rings. The van der Waals surface area contributed by atoms with E-state index in [1.807, 2.05) is 0 Å². The lowest BCUT2D eigenvalue weighted by molar-refractivity contribution is -0.376. The minimum absolute atomic E-state index is 0.702. The Morgan fingerprint density at radius 2 is 0.699 bits per heavy atom. The molecular weight excluding hydrogens is 1000 g/mol. The van der Waals surface area contributed by atoms with Gasteiger partial charge in [0.15, 0.2) is 37.7 Å². The Bertz CT molecular complexity index is 1750. The summed E-state index contributed by atoms with van der Waals surface area (Å²) in [4.78, 5) is 24.3. The number of carbonyl (C=O) groups is 2. The van der Waals surface area contributed by atoms with Crippen molar-refractivity contribution in [1.82, 2.24) is 10.6 Å². The Labute approximate surface area is 413 Å². The number of carbonyl (C=O) groups excluding carboxylic acids is 2. The molecule has 20 N–H and O–H groups in total. The molecule has 6 aliphatic heterocycles. The molecule has 2 amide bonds. The number of ether oxygens (including phenoxy) is 11. The third-order valence-electron chi connectivity index (χ3n) is 13.2. The summed E-state index contributed by atoms with van der Waals surface area (Å²) in [6.45, 7) is -3.29. The van der Waals surface area contributed by atoms with Gasteiger partial charge in [0.25, 0.3) is 0 Å². The van der Waals surface area contributed by atoms with Crippen LogP contribution in [0.3, 0.4) is 0 Å². The van der Waals surface area contributed by atoms with Gasteiger partial charge >= 0.3 is 0 Å². The number of hydrogen-bond acceptors (Lipinski definition) is 31. The van der Waals surface area contributed by atoms with Crippen molar-refractivity contribution in [1.29, 1.82) is 0 Å². The lowest BCUT2D eigenvalue weighted by atomic mass is 9.94. The van der Waals surface area contributed by atoms with Gasteiger partial charge in [-0.2, -0.15) is 0 Å². The molecule has 0 aromatic carbocycles. The van der Waals surface area contributed by atoms with E-state index in [2.05, 4.69) is 10.6 Å². The second kappa shape index (κ2) is 26.0. The van der Waals surface area contributed by atoms with Crippen LogP contribution in [0.5, 0.6) is 0 Å². The summed E-state index contributed by atoms with van der Waals surface area (Å²) in [6.07, 6.45) is -52.5. The van der Waals surface area contributed by atoms with Gasteiger partial charge in [0.2, 0.25) is 11.8 Å². The highest BCUT2D eigenvalue weighted by Crippen LogP contribution is 2.35. The topological polar surface area (TPSA) is 524 Å². The van der Waals surface area contributed by atoms with Crippen LogP contribution in [0.1, 0.15) is 13.8 Å². The normalized spacial score (nSPS) is 49.8. The van der Waals surface area contributed by atoms with Crippen molar-refractivity contribution in [2.45, 2.75) is 198 Å². The molecule has 0 spiro atoms. The van der Waals surface area contributed by atoms with Gasteiger partial charge in [0.1, 0.15) is 146 Å². The van der Waals surface area contributed by atoms with Crippen LogP contribution in [-0.4, -0.2) is 327 Å². The molecule has 0 aliphatic carbocycles. The zero-order valence-corrected chi connectivity index (χ0v) is 38.9. The molecule has 30 atom stereocenters. The first kappa shape index (κ1) is 60.0. The summed E-state index contributed by atoms with van der Waals surface area (Å²) >= 11 is 0. The molecular formula is C40H68N2O31. The summed E-state index contributed by atoms with van der Waals surface area (Å²) in [5.41, 5.74) is 0. The van der Waals surface area contributed by atoms with Gasteiger partial charge in [-0.25, -0.2) is 0 Å². The molecule has 0 aromatic rings. The van der Waals surface area contributed by atoms with Crippen LogP contribution in [0.25, 0.3) is 0 Å². The van der Waals surface area contributed by atoms with E-state index < -0.39 is 236 Å². The summed E-state index contributed by atoms with van der Waals surface area (Å²) in [7, 11) is 0. The number of hydrogen-bond donors (Lipinski definition) is 20. The van der Waals surface area contributed by atoms with Crippen LogP contribution < -0.4 is 10.6 Å². The maximum Gasteiger partial charge on any atom is 0.217 e. The van der Waals surface area contributed by atoms with Crippen LogP contribution in [0, 0.1) is 0 Å². The maximum atomic E-state index is 12.4. The molecule has 6 rings (SSSR count). The van der Waals surface area contributed by atoms with Crippen LogP contribution in [0.15, 0.2) is 0 Å². The van der Waals surface area contributed by atoms with E-state index in [9.17, 15) is 102 Å². The van der Waals surface area contributed by atoms with Crippen molar-refractivity contribution in [3.05, 3.63) is 0 Å². The smallest absolute Gasteiger partial charge is 0.217 e. The Hall–Kier alpha value is -2.22. The Morgan fingerprint density at radius 3 is 1.19 bits per heavy atom. The summed E-state index contributed by atoms with van der Waals surface area (Å²) in [5.74, 6) is -1.51. The number of aliphatic hydroxyl groups is 18. The number of nitrogens with one attached hydrogen (secondary N) is 2. The predicted molar refractivity (Wildman–Crippen MR) is 222 cm³/mol. The van der Waals surface area contributed by atoms with E-state index in [1.165, 1.54) is 0 Å². The molecule has 33 heteroatoms. The fourth-order valence-corrected chi connectivity index (χ4v) is 9.11. The molecule has 6 heterocycles. The highest BCUT2D eigenvalue weighted by atomic mass is 16.8. The van der Waals surface area contributed by atoms with Crippen LogP contribution in [0.2, 0.25) is 0 Å². The van der Waals surface area contributed by atoms with E-state index in [4.69, 9.17) is 52.1 Å². The first-order valence-corrected chi connectivity index (χ1v) is 23.1. The lowest BCUT2D eigenvalue weighted by Gasteiger charge is -2.49. The third kappa shape index (κ3) is 13.2. The van der Waals surface area contributed by atoms with Gasteiger partial charge in [-0.05, 0) is 0 Å². The lowest BCUT2D eigenvalue weighted by Crippen LogP contribution is -2.70. The van der Waals surface area contributed by atoms with Crippen molar-refractivity contribution in [3.63, 3.8) is 0 Å². The van der Waals surface area contributed by atoms with E-state index in [0.29, 0.717) is 0 Å². The van der Waals surface area contributed by atoms with Gasteiger partial charge in [-0.15, -0.1) is 0 Å². The quantitative estimate of drug-likeness (QED) is 0.0606. The van der Waals surface area contributed by atoms with Gasteiger partial charge in [0, 0.05) is 13.8 Å². The zero-order valence-electron chi connectivity index (χ0n) is 38.9. The summed E-state index contributed by atoms with van der Waals surface area (Å²) < 4.78 is 62.1. The number of amides is 2. The average molecular weight is 1070 g/mol. The van der Waals surface area contributed by atoms with Crippen molar-refractivity contribution in [2.75, 3.05) is 39.6 Å². The Morgan fingerprint density at radius 1 is 0.356 bits per heavy atom. The van der Waals surface area contributed by atoms with Crippen molar-refractivity contribution < 1.29 is 154 Å². The van der Waals surface area contributed by atoms with Crippen LogP contribution in [0.4, 0.5) is 0 Å². The number of rotatable bonds is 18. The average Bonchev–Trinajstić information content (AvgIpc) is 3.35. The predicted octanol–water partition coefficient (Wildman–Crippen LogP) is -13.8. The molecule has 0 radical (unpaired) electrons. The van der Waals surface area contributed by atoms with Gasteiger partial charge in [-0.3, -0.25) is 9.59 Å². The van der Waals surface area contributed by atoms with Gasteiger partial charge in [-0.1, -0.05) is 0 Å². The minimum Gasteiger partial charge on any atom is -0.394 e. The standard InChI is InChI=1S/C40H68N2O31/c1-9(47)41-17-23(53)32(13(5-45)65-35(17)62)71-36-18(42-10(2)48)24(54)33(14(6-46)68-36)72-40-30(60)27(57)21(51)15(70-40)7-64-38-31(61)34(73-39-29(59)26(56)20(50)12(4-44)67-39)22(52)16(69-38)8-63-37-28(58)25(55)19(49)11(3-43)66-37/h11-40,43-46,49-62H,3-8H2,1-2H3,(H,41,47)(H,42,48)/t11-,12-,13-,14-,15-,16-,17-,18-,19-,20-,21-,22-,23-,24-,25+,26+,27+,28+,29+,30+,31+,32-,33-,34+,35-,36+,37+,38+,39-,40-/m1/s1. The fraction of sp³-hybridized carbons (Fsp3) is 0.950. The van der Waals surface area contributed by atoms with E-state index in [-0.39, 0.29) is 0 Å². The number of aliphatic hydroxyl groups excluding tert-OH is 18. The second-order valence-corrected chi connectivity index (χ2v) is 18.3. The van der Waals surface area contributed by atoms with Crippen molar-refractivity contribution in [2.24, 2.45) is 0 Å². The summed E-state index contributed by atoms with van der Waals surface area (Å²) in [6, 6.07) is -3.20. The van der Waals surface area contributed by atoms with E-state index in [0.717, 1.165) is 13.8 Å². The molecule has 6 saturated heterocycles. The highest BCUT2D eigenvalue weighted by Gasteiger charge is 2.56. The molecule has 73 heavy (non-hydrogen) atoms. The molecule has 0 saturated carbocycles. The first-order chi connectivity index (χ1) is 34.5. The monoisotopic (exact) mass is 1070 g/mol. The minimum atomic E-state index is -2.16.